The molecule has 1 fully saturated rings. The van der Waals surface area contributed by atoms with Gasteiger partial charge in [-0.3, -0.25) is 9.69 Å². The fourth-order valence-corrected chi connectivity index (χ4v) is 3.60. The van der Waals surface area contributed by atoms with Gasteiger partial charge in [0, 0.05) is 37.3 Å². The van der Waals surface area contributed by atoms with Crippen LogP contribution in [-0.4, -0.2) is 48.6 Å². The average molecular weight is 379 g/mol. The number of fused-ring (bicyclic) bond motifs is 1. The summed E-state index contributed by atoms with van der Waals surface area (Å²) in [5.41, 5.74) is 1.93. The van der Waals surface area contributed by atoms with E-state index in [0.29, 0.717) is 6.54 Å². The number of amides is 1. The van der Waals surface area contributed by atoms with Crippen LogP contribution in [0.3, 0.4) is 0 Å². The summed E-state index contributed by atoms with van der Waals surface area (Å²) in [6.07, 6.45) is 0. The van der Waals surface area contributed by atoms with Crippen molar-refractivity contribution in [1.29, 1.82) is 0 Å². The van der Waals surface area contributed by atoms with Gasteiger partial charge in [0.2, 0.25) is 5.91 Å². The molecule has 2 heterocycles. The van der Waals surface area contributed by atoms with Crippen molar-refractivity contribution in [2.24, 2.45) is 0 Å². The van der Waals surface area contributed by atoms with Gasteiger partial charge in [-0.05, 0) is 43.3 Å². The van der Waals surface area contributed by atoms with E-state index < -0.39 is 0 Å². The minimum atomic E-state index is -0.168. The van der Waals surface area contributed by atoms with Crippen molar-refractivity contribution in [3.8, 4) is 5.75 Å². The Morgan fingerprint density at radius 1 is 1.11 bits per heavy atom. The number of anilines is 1. The zero-order valence-electron chi connectivity index (χ0n) is 16.0. The SMILES string of the molecule is C[C@@H](NC(=O)CN1CCN(c2ccc(O)cc2)CC1)c1cc2ccccc2o1. The molecule has 0 spiro atoms. The lowest BCUT2D eigenvalue weighted by atomic mass is 10.2. The largest absolute Gasteiger partial charge is 0.508 e. The number of rotatable bonds is 5. The van der Waals surface area contributed by atoms with E-state index in [1.165, 1.54) is 0 Å². The Bertz CT molecular complexity index is 910. The fraction of sp³-hybridized carbons (Fsp3) is 0.318. The summed E-state index contributed by atoms with van der Waals surface area (Å²) in [6.45, 7) is 5.70. The van der Waals surface area contributed by atoms with Crippen LogP contribution in [0, 0.1) is 0 Å². The Balaban J connectivity index is 1.28. The number of nitrogens with zero attached hydrogens (tertiary/aromatic N) is 2. The molecule has 28 heavy (non-hydrogen) atoms. The van der Waals surface area contributed by atoms with Crippen LogP contribution in [0.4, 0.5) is 5.69 Å². The number of carbonyl (C=O) groups is 1. The first-order valence-electron chi connectivity index (χ1n) is 9.63. The molecule has 4 rings (SSSR count). The van der Waals surface area contributed by atoms with E-state index in [1.807, 2.05) is 49.4 Å². The Kier molecular flexibility index (Phi) is 5.21. The van der Waals surface area contributed by atoms with Gasteiger partial charge < -0.3 is 19.7 Å². The van der Waals surface area contributed by atoms with Crippen molar-refractivity contribution < 1.29 is 14.3 Å². The lowest BCUT2D eigenvalue weighted by molar-refractivity contribution is -0.123. The Hall–Kier alpha value is -2.99. The maximum atomic E-state index is 12.5. The van der Waals surface area contributed by atoms with Gasteiger partial charge in [0.15, 0.2) is 0 Å². The van der Waals surface area contributed by atoms with Crippen LogP contribution in [0.1, 0.15) is 18.7 Å². The average Bonchev–Trinajstić information content (AvgIpc) is 3.14. The number of piperazine rings is 1. The highest BCUT2D eigenvalue weighted by atomic mass is 16.3. The molecule has 1 aliphatic rings. The standard InChI is InChI=1S/C22H25N3O3/c1-16(21-14-17-4-2-3-5-20(17)28-21)23-22(27)15-24-10-12-25(13-11-24)18-6-8-19(26)9-7-18/h2-9,14,16,26H,10-13,15H2,1H3,(H,23,27)/t16-/m1/s1. The molecule has 1 aromatic heterocycles. The number of aromatic hydroxyl groups is 1. The Morgan fingerprint density at radius 3 is 2.54 bits per heavy atom. The van der Waals surface area contributed by atoms with E-state index in [9.17, 15) is 9.90 Å². The Labute approximate surface area is 164 Å². The third-order valence-electron chi connectivity index (χ3n) is 5.20. The van der Waals surface area contributed by atoms with Gasteiger partial charge in [0.25, 0.3) is 0 Å². The minimum absolute atomic E-state index is 0.00559. The molecule has 1 atom stereocenters. The molecule has 2 N–H and O–H groups in total. The maximum Gasteiger partial charge on any atom is 0.234 e. The lowest BCUT2D eigenvalue weighted by Crippen LogP contribution is -2.49. The summed E-state index contributed by atoms with van der Waals surface area (Å²) in [6, 6.07) is 16.9. The highest BCUT2D eigenvalue weighted by Gasteiger charge is 2.21. The molecule has 0 aliphatic carbocycles. The predicted molar refractivity (Wildman–Crippen MR) is 110 cm³/mol. The zero-order chi connectivity index (χ0) is 19.5. The molecule has 2 aromatic carbocycles. The van der Waals surface area contributed by atoms with Crippen molar-refractivity contribution in [1.82, 2.24) is 10.2 Å². The molecule has 6 nitrogen and oxygen atoms in total. The van der Waals surface area contributed by atoms with Crippen LogP contribution in [0.15, 0.2) is 59.0 Å². The number of hydrogen-bond acceptors (Lipinski definition) is 5. The van der Waals surface area contributed by atoms with Gasteiger partial charge in [0.05, 0.1) is 12.6 Å². The zero-order valence-corrected chi connectivity index (χ0v) is 16.0. The van der Waals surface area contributed by atoms with Gasteiger partial charge in [-0.15, -0.1) is 0 Å². The molecule has 146 valence electrons. The number of benzene rings is 2. The number of hydrogen-bond donors (Lipinski definition) is 2. The van der Waals surface area contributed by atoms with E-state index in [0.717, 1.165) is 48.6 Å². The molecular formula is C22H25N3O3. The first kappa shape index (κ1) is 18.4. The van der Waals surface area contributed by atoms with Crippen molar-refractivity contribution in [2.45, 2.75) is 13.0 Å². The van der Waals surface area contributed by atoms with E-state index in [1.54, 1.807) is 12.1 Å². The number of furan rings is 1. The van der Waals surface area contributed by atoms with Gasteiger partial charge >= 0.3 is 0 Å². The minimum Gasteiger partial charge on any atom is -0.508 e. The summed E-state index contributed by atoms with van der Waals surface area (Å²) in [4.78, 5) is 16.9. The second kappa shape index (κ2) is 7.94. The smallest absolute Gasteiger partial charge is 0.234 e. The summed E-state index contributed by atoms with van der Waals surface area (Å²) < 4.78 is 5.84. The number of phenolic OH excluding ortho intramolecular Hbond substituents is 1. The van der Waals surface area contributed by atoms with E-state index in [2.05, 4.69) is 15.1 Å². The quantitative estimate of drug-likeness (QED) is 0.713. The van der Waals surface area contributed by atoms with Crippen LogP contribution in [-0.2, 0) is 4.79 Å². The number of phenols is 1. The molecule has 6 heteroatoms. The second-order valence-electron chi connectivity index (χ2n) is 7.26. The van der Waals surface area contributed by atoms with E-state index >= 15 is 0 Å². The van der Waals surface area contributed by atoms with Crippen LogP contribution in [0.2, 0.25) is 0 Å². The van der Waals surface area contributed by atoms with E-state index in [4.69, 9.17) is 4.42 Å². The Morgan fingerprint density at radius 2 is 1.82 bits per heavy atom. The number of para-hydroxylation sites is 1. The molecule has 0 unspecified atom stereocenters. The molecule has 1 aliphatic heterocycles. The molecule has 0 radical (unpaired) electrons. The second-order valence-corrected chi connectivity index (χ2v) is 7.26. The molecule has 1 amide bonds. The third kappa shape index (κ3) is 4.12. The maximum absolute atomic E-state index is 12.5. The highest BCUT2D eigenvalue weighted by Crippen LogP contribution is 2.23. The molecule has 0 bridgehead atoms. The summed E-state index contributed by atoms with van der Waals surface area (Å²) in [5.74, 6) is 1.05. The van der Waals surface area contributed by atoms with Crippen LogP contribution < -0.4 is 10.2 Å². The highest BCUT2D eigenvalue weighted by molar-refractivity contribution is 5.80. The lowest BCUT2D eigenvalue weighted by Gasteiger charge is -2.35. The first-order chi connectivity index (χ1) is 13.6. The monoisotopic (exact) mass is 379 g/mol. The predicted octanol–water partition coefficient (Wildman–Crippen LogP) is 3.14. The van der Waals surface area contributed by atoms with E-state index in [-0.39, 0.29) is 17.7 Å². The molecule has 1 saturated heterocycles. The first-order valence-corrected chi connectivity index (χ1v) is 9.63. The van der Waals surface area contributed by atoms with Crippen molar-refractivity contribution in [3.63, 3.8) is 0 Å². The topological polar surface area (TPSA) is 69.0 Å². The number of carbonyl (C=O) groups excluding carboxylic acids is 1. The van der Waals surface area contributed by atoms with Crippen molar-refractivity contribution in [3.05, 3.63) is 60.4 Å². The summed E-state index contributed by atoms with van der Waals surface area (Å²) in [5, 5.41) is 13.5. The van der Waals surface area contributed by atoms with Gasteiger partial charge in [-0.1, -0.05) is 18.2 Å². The molecule has 0 saturated carbocycles. The molecule has 3 aromatic rings. The fourth-order valence-electron chi connectivity index (χ4n) is 3.60. The van der Waals surface area contributed by atoms with Gasteiger partial charge in [0.1, 0.15) is 17.1 Å². The van der Waals surface area contributed by atoms with Crippen LogP contribution >= 0.6 is 0 Å². The van der Waals surface area contributed by atoms with Gasteiger partial charge in [-0.2, -0.15) is 0 Å². The molecular weight excluding hydrogens is 354 g/mol. The van der Waals surface area contributed by atoms with Gasteiger partial charge in [-0.25, -0.2) is 0 Å². The number of nitrogens with one attached hydrogen (secondary N) is 1. The summed E-state index contributed by atoms with van der Waals surface area (Å²) in [7, 11) is 0. The normalized spacial score (nSPS) is 16.2. The van der Waals surface area contributed by atoms with Crippen molar-refractivity contribution in [2.75, 3.05) is 37.6 Å². The third-order valence-corrected chi connectivity index (χ3v) is 5.20. The summed E-state index contributed by atoms with van der Waals surface area (Å²) >= 11 is 0. The van der Waals surface area contributed by atoms with Crippen LogP contribution in [0.5, 0.6) is 5.75 Å². The van der Waals surface area contributed by atoms with Crippen LogP contribution in [0.25, 0.3) is 11.0 Å². The van der Waals surface area contributed by atoms with Crippen molar-refractivity contribution >= 4 is 22.6 Å².